The molecule has 1 saturated heterocycles. The fourth-order valence-corrected chi connectivity index (χ4v) is 3.86. The largest absolute Gasteiger partial charge is 0.481 e. The highest BCUT2D eigenvalue weighted by molar-refractivity contribution is 6.26. The average molecular weight is 377 g/mol. The molecule has 2 rings (SSSR count). The third-order valence-electron chi connectivity index (χ3n) is 5.72. The summed E-state index contributed by atoms with van der Waals surface area (Å²) in [6.45, 7) is 4.80. The summed E-state index contributed by atoms with van der Waals surface area (Å²) in [5.74, 6) is -2.01. The van der Waals surface area contributed by atoms with Crippen LogP contribution in [-0.4, -0.2) is 43.5 Å². The topological polar surface area (TPSA) is 40.5 Å². The van der Waals surface area contributed by atoms with Crippen LogP contribution in [0.1, 0.15) is 57.4 Å². The predicted octanol–water partition coefficient (Wildman–Crippen LogP) is 4.60. The van der Waals surface area contributed by atoms with Crippen molar-refractivity contribution in [1.29, 1.82) is 0 Å². The maximum absolute atomic E-state index is 13.3. The number of hydrogen-bond donors (Lipinski definition) is 1. The number of carboxylic acid groups (broad SMARTS) is 1. The van der Waals surface area contributed by atoms with Crippen molar-refractivity contribution in [3.05, 3.63) is 35.4 Å². The molecule has 27 heavy (non-hydrogen) atoms. The van der Waals surface area contributed by atoms with Gasteiger partial charge in [-0.3, -0.25) is 4.79 Å². The van der Waals surface area contributed by atoms with Crippen molar-refractivity contribution >= 4 is 13.8 Å². The number of carbonyl (C=O) groups is 1. The van der Waals surface area contributed by atoms with Crippen molar-refractivity contribution in [3.8, 4) is 0 Å². The molecule has 1 aliphatic heterocycles. The zero-order valence-electron chi connectivity index (χ0n) is 16.2. The molecule has 1 N–H and O–H groups in total. The van der Waals surface area contributed by atoms with E-state index in [-0.39, 0.29) is 0 Å². The van der Waals surface area contributed by atoms with Crippen molar-refractivity contribution in [2.45, 2.75) is 63.6 Å². The Bertz CT molecular complexity index is 620. The van der Waals surface area contributed by atoms with Gasteiger partial charge in [0.25, 0.3) is 0 Å². The molecule has 0 aliphatic carbocycles. The molecular formula is C21H30BF2NO2. The van der Waals surface area contributed by atoms with Gasteiger partial charge in [0.15, 0.2) is 11.6 Å². The van der Waals surface area contributed by atoms with Crippen LogP contribution in [0.2, 0.25) is 5.31 Å². The molecule has 1 heterocycles. The van der Waals surface area contributed by atoms with Gasteiger partial charge in [-0.2, -0.15) is 0 Å². The van der Waals surface area contributed by atoms with Crippen molar-refractivity contribution < 1.29 is 18.7 Å². The van der Waals surface area contributed by atoms with Crippen LogP contribution in [0, 0.1) is 17.6 Å². The van der Waals surface area contributed by atoms with Crippen molar-refractivity contribution in [2.75, 3.05) is 19.6 Å². The van der Waals surface area contributed by atoms with Gasteiger partial charge in [-0.1, -0.05) is 25.8 Å². The van der Waals surface area contributed by atoms with Gasteiger partial charge in [0.2, 0.25) is 0 Å². The minimum atomic E-state index is -1.11. The van der Waals surface area contributed by atoms with E-state index < -0.39 is 22.9 Å². The molecule has 148 valence electrons. The van der Waals surface area contributed by atoms with Gasteiger partial charge in [-0.25, -0.2) is 8.78 Å². The van der Waals surface area contributed by atoms with Crippen molar-refractivity contribution in [2.24, 2.45) is 5.92 Å². The number of aliphatic carboxylic acids is 1. The third-order valence-corrected chi connectivity index (χ3v) is 5.72. The van der Waals surface area contributed by atoms with E-state index in [0.29, 0.717) is 18.8 Å². The summed E-state index contributed by atoms with van der Waals surface area (Å²) in [6.07, 6.45) is 6.37. The summed E-state index contributed by atoms with van der Waals surface area (Å²) in [6, 6.07) is 4.15. The van der Waals surface area contributed by atoms with Crippen LogP contribution in [0.4, 0.5) is 8.78 Å². The van der Waals surface area contributed by atoms with Crippen LogP contribution < -0.4 is 0 Å². The lowest BCUT2D eigenvalue weighted by atomic mass is 9.63. The van der Waals surface area contributed by atoms with Crippen LogP contribution in [0.5, 0.6) is 0 Å². The number of hydrogen-bond acceptors (Lipinski definition) is 2. The van der Waals surface area contributed by atoms with E-state index >= 15 is 0 Å². The Morgan fingerprint density at radius 1 is 1.22 bits per heavy atom. The zero-order chi connectivity index (χ0) is 19.9. The van der Waals surface area contributed by atoms with Crippen LogP contribution in [0.25, 0.3) is 0 Å². The maximum atomic E-state index is 13.3. The van der Waals surface area contributed by atoms with Gasteiger partial charge in [0.05, 0.1) is 7.85 Å². The molecule has 1 fully saturated rings. The molecule has 0 aromatic heterocycles. The van der Waals surface area contributed by atoms with E-state index in [1.165, 1.54) is 12.1 Å². The van der Waals surface area contributed by atoms with Crippen LogP contribution in [-0.2, 0) is 11.2 Å². The fourth-order valence-electron chi connectivity index (χ4n) is 3.86. The van der Waals surface area contributed by atoms with Crippen molar-refractivity contribution in [1.82, 2.24) is 4.90 Å². The van der Waals surface area contributed by atoms with Crippen molar-refractivity contribution in [3.63, 3.8) is 0 Å². The van der Waals surface area contributed by atoms with Gasteiger partial charge < -0.3 is 10.0 Å². The zero-order valence-corrected chi connectivity index (χ0v) is 16.2. The summed E-state index contributed by atoms with van der Waals surface area (Å²) in [4.78, 5) is 13.8. The van der Waals surface area contributed by atoms with E-state index in [1.54, 1.807) is 6.07 Å². The number of carboxylic acids is 1. The van der Waals surface area contributed by atoms with Crippen LogP contribution in [0.3, 0.4) is 0 Å². The molecule has 1 aromatic carbocycles. The molecule has 1 aliphatic rings. The Balaban J connectivity index is 1.72. The molecule has 0 spiro atoms. The lowest BCUT2D eigenvalue weighted by molar-refractivity contribution is -0.141. The minimum Gasteiger partial charge on any atom is -0.481 e. The van der Waals surface area contributed by atoms with E-state index in [4.69, 9.17) is 7.85 Å². The van der Waals surface area contributed by atoms with Gasteiger partial charge in [0.1, 0.15) is 0 Å². The Kier molecular flexibility index (Phi) is 8.27. The summed E-state index contributed by atoms with van der Waals surface area (Å²) in [5.41, 5.74) is 0.845. The third kappa shape index (κ3) is 6.60. The number of rotatable bonds is 10. The normalized spacial score (nSPS) is 18.3. The van der Waals surface area contributed by atoms with E-state index in [1.807, 2.05) is 6.92 Å². The van der Waals surface area contributed by atoms with Gasteiger partial charge in [-0.15, -0.1) is 0 Å². The lowest BCUT2D eigenvalue weighted by Crippen LogP contribution is -2.35. The standard InChI is InChI=1S/C21H30BF2NO2/c1-2-3-9-21(22,20(26)27)10-4-11-25-12-7-16(8-13-25)14-17-5-6-18(23)19(24)15-17/h5-6,15-16H,2-4,7-14H2,1H3,(H,26,27). The molecule has 1 atom stereocenters. The second-order valence-corrected chi connectivity index (χ2v) is 7.91. The quantitative estimate of drug-likeness (QED) is 0.606. The molecule has 1 unspecified atom stereocenters. The predicted molar refractivity (Wildman–Crippen MR) is 104 cm³/mol. The number of nitrogens with zero attached hydrogens (tertiary/aromatic N) is 1. The lowest BCUT2D eigenvalue weighted by Gasteiger charge is -2.33. The second kappa shape index (κ2) is 10.2. The highest BCUT2D eigenvalue weighted by Gasteiger charge is 2.31. The summed E-state index contributed by atoms with van der Waals surface area (Å²) >= 11 is 0. The first-order valence-electron chi connectivity index (χ1n) is 10.0. The number of halogens is 2. The monoisotopic (exact) mass is 377 g/mol. The molecule has 2 radical (unpaired) electrons. The van der Waals surface area contributed by atoms with E-state index in [2.05, 4.69) is 4.90 Å². The van der Waals surface area contributed by atoms with Crippen LogP contribution in [0.15, 0.2) is 18.2 Å². The summed E-state index contributed by atoms with van der Waals surface area (Å²) in [5, 5.41) is 8.31. The first kappa shape index (κ1) is 21.9. The Labute approximate surface area is 162 Å². The maximum Gasteiger partial charge on any atom is 0.300 e. The number of likely N-dealkylation sites (tertiary alicyclic amines) is 1. The SMILES string of the molecule is [B]C(CCCC)(CCCN1CCC(Cc2ccc(F)c(F)c2)CC1)C(=O)O. The number of piperidine rings is 1. The molecular weight excluding hydrogens is 347 g/mol. The Hall–Kier alpha value is -1.43. The first-order chi connectivity index (χ1) is 12.8. The summed E-state index contributed by atoms with van der Waals surface area (Å²) in [7, 11) is 6.10. The molecule has 3 nitrogen and oxygen atoms in total. The molecule has 0 saturated carbocycles. The molecule has 0 amide bonds. The summed E-state index contributed by atoms with van der Waals surface area (Å²) < 4.78 is 26.4. The van der Waals surface area contributed by atoms with Crippen LogP contribution >= 0.6 is 0 Å². The number of unbranched alkanes of at least 4 members (excludes halogenated alkanes) is 1. The average Bonchev–Trinajstić information content (AvgIpc) is 2.64. The minimum absolute atomic E-state index is 0.475. The molecule has 6 heteroatoms. The van der Waals surface area contributed by atoms with Gasteiger partial charge in [0, 0.05) is 5.31 Å². The smallest absolute Gasteiger partial charge is 0.300 e. The van der Waals surface area contributed by atoms with Gasteiger partial charge >= 0.3 is 5.97 Å². The van der Waals surface area contributed by atoms with Gasteiger partial charge in [-0.05, 0) is 81.8 Å². The fraction of sp³-hybridized carbons (Fsp3) is 0.667. The van der Waals surface area contributed by atoms with E-state index in [0.717, 1.165) is 63.7 Å². The highest BCUT2D eigenvalue weighted by atomic mass is 19.2. The number of benzene rings is 1. The molecule has 1 aromatic rings. The van der Waals surface area contributed by atoms with E-state index in [9.17, 15) is 18.7 Å². The highest BCUT2D eigenvalue weighted by Crippen LogP contribution is 2.35. The Morgan fingerprint density at radius 2 is 1.89 bits per heavy atom. The Morgan fingerprint density at radius 3 is 2.48 bits per heavy atom. The second-order valence-electron chi connectivity index (χ2n) is 7.91. The molecule has 0 bridgehead atoms. The first-order valence-corrected chi connectivity index (χ1v) is 10.0.